The predicted octanol–water partition coefficient (Wildman–Crippen LogP) is 1.77. The quantitative estimate of drug-likeness (QED) is 0.912. The number of morpholine rings is 1. The van der Waals surface area contributed by atoms with Crippen molar-refractivity contribution in [2.24, 2.45) is 11.1 Å². The Morgan fingerprint density at radius 2 is 2.10 bits per heavy atom. The summed E-state index contributed by atoms with van der Waals surface area (Å²) in [5.41, 5.74) is 6.18. The molecule has 6 nitrogen and oxygen atoms in total. The summed E-state index contributed by atoms with van der Waals surface area (Å²) in [4.78, 5) is 6.84. The summed E-state index contributed by atoms with van der Waals surface area (Å²) in [7, 11) is 0. The molecule has 0 saturated carbocycles. The van der Waals surface area contributed by atoms with Crippen molar-refractivity contribution >= 4 is 0 Å². The minimum absolute atomic E-state index is 0.00904. The molecule has 2 N–H and O–H groups in total. The first kappa shape index (κ1) is 16.4. The lowest BCUT2D eigenvalue weighted by Crippen LogP contribution is -2.42. The SMILES string of the molecule is CC(C)N1CCOC(c2noc(CC(N)C(C)(C)C)n2)C1. The minimum atomic E-state index is -0.107. The van der Waals surface area contributed by atoms with Crippen LogP contribution >= 0.6 is 0 Å². The highest BCUT2D eigenvalue weighted by Gasteiger charge is 2.28. The zero-order valence-electron chi connectivity index (χ0n) is 13.8. The van der Waals surface area contributed by atoms with Crippen molar-refractivity contribution in [3.63, 3.8) is 0 Å². The molecule has 1 aromatic heterocycles. The fourth-order valence-electron chi connectivity index (χ4n) is 2.27. The molecule has 2 heterocycles. The fraction of sp³-hybridized carbons (Fsp3) is 0.867. The Morgan fingerprint density at radius 1 is 1.38 bits per heavy atom. The molecular weight excluding hydrogens is 268 g/mol. The van der Waals surface area contributed by atoms with Crippen LogP contribution in [0.15, 0.2) is 4.52 Å². The molecule has 1 aromatic rings. The van der Waals surface area contributed by atoms with Gasteiger partial charge in [0.2, 0.25) is 11.7 Å². The second-order valence-electron chi connectivity index (χ2n) is 7.17. The van der Waals surface area contributed by atoms with Crippen molar-refractivity contribution < 1.29 is 9.26 Å². The Labute approximate surface area is 127 Å². The van der Waals surface area contributed by atoms with Crippen LogP contribution < -0.4 is 5.73 Å². The lowest BCUT2D eigenvalue weighted by molar-refractivity contribution is -0.0450. The van der Waals surface area contributed by atoms with Crippen LogP contribution in [0.3, 0.4) is 0 Å². The molecular formula is C15H28N4O2. The van der Waals surface area contributed by atoms with Gasteiger partial charge in [0, 0.05) is 31.6 Å². The third-order valence-corrected chi connectivity index (χ3v) is 4.11. The van der Waals surface area contributed by atoms with E-state index < -0.39 is 0 Å². The van der Waals surface area contributed by atoms with Crippen LogP contribution in [0.4, 0.5) is 0 Å². The largest absolute Gasteiger partial charge is 0.367 e. The van der Waals surface area contributed by atoms with Gasteiger partial charge in [0.15, 0.2) is 0 Å². The maximum atomic E-state index is 6.17. The Balaban J connectivity index is 1.99. The highest BCUT2D eigenvalue weighted by Crippen LogP contribution is 2.23. The van der Waals surface area contributed by atoms with Gasteiger partial charge in [0.25, 0.3) is 0 Å². The van der Waals surface area contributed by atoms with Crippen molar-refractivity contribution in [2.75, 3.05) is 19.7 Å². The van der Waals surface area contributed by atoms with Gasteiger partial charge >= 0.3 is 0 Å². The van der Waals surface area contributed by atoms with E-state index in [2.05, 4.69) is 49.7 Å². The second-order valence-corrected chi connectivity index (χ2v) is 7.17. The molecule has 0 aliphatic carbocycles. The van der Waals surface area contributed by atoms with Crippen LogP contribution in [-0.4, -0.2) is 46.8 Å². The Kier molecular flexibility index (Phi) is 5.01. The van der Waals surface area contributed by atoms with Crippen LogP contribution in [0.5, 0.6) is 0 Å². The summed E-state index contributed by atoms with van der Waals surface area (Å²) in [5, 5.41) is 4.08. The molecule has 0 spiro atoms. The van der Waals surface area contributed by atoms with Crippen molar-refractivity contribution in [2.45, 2.75) is 59.2 Å². The van der Waals surface area contributed by atoms with Crippen molar-refractivity contribution in [1.82, 2.24) is 15.0 Å². The molecule has 120 valence electrons. The van der Waals surface area contributed by atoms with Crippen LogP contribution in [-0.2, 0) is 11.2 Å². The first-order valence-corrected chi connectivity index (χ1v) is 7.71. The van der Waals surface area contributed by atoms with Crippen LogP contribution in [0.25, 0.3) is 0 Å². The third-order valence-electron chi connectivity index (χ3n) is 4.11. The number of nitrogens with two attached hydrogens (primary N) is 1. The Bertz CT molecular complexity index is 453. The molecule has 0 aromatic carbocycles. The molecule has 1 saturated heterocycles. The highest BCUT2D eigenvalue weighted by atomic mass is 16.5. The lowest BCUT2D eigenvalue weighted by Gasteiger charge is -2.34. The summed E-state index contributed by atoms with van der Waals surface area (Å²) in [6.07, 6.45) is 0.487. The molecule has 0 amide bonds. The first-order valence-electron chi connectivity index (χ1n) is 7.71. The Morgan fingerprint density at radius 3 is 2.71 bits per heavy atom. The molecule has 2 rings (SSSR count). The number of hydrogen-bond acceptors (Lipinski definition) is 6. The van der Waals surface area contributed by atoms with E-state index in [0.717, 1.165) is 13.1 Å². The number of rotatable bonds is 4. The van der Waals surface area contributed by atoms with Crippen LogP contribution in [0, 0.1) is 5.41 Å². The van der Waals surface area contributed by atoms with Gasteiger partial charge in [-0.3, -0.25) is 4.90 Å². The molecule has 6 heteroatoms. The van der Waals surface area contributed by atoms with E-state index in [1.54, 1.807) is 0 Å². The van der Waals surface area contributed by atoms with Gasteiger partial charge in [-0.05, 0) is 19.3 Å². The average Bonchev–Trinajstić information content (AvgIpc) is 2.86. The van der Waals surface area contributed by atoms with Gasteiger partial charge < -0.3 is 15.0 Å². The van der Waals surface area contributed by atoms with Crippen LogP contribution in [0.2, 0.25) is 0 Å². The Hall–Kier alpha value is -0.980. The van der Waals surface area contributed by atoms with E-state index >= 15 is 0 Å². The van der Waals surface area contributed by atoms with Crippen LogP contribution in [0.1, 0.15) is 52.4 Å². The highest BCUT2D eigenvalue weighted by molar-refractivity contribution is 4.97. The summed E-state index contributed by atoms with van der Waals surface area (Å²) in [5.74, 6) is 1.23. The summed E-state index contributed by atoms with van der Waals surface area (Å²) in [6.45, 7) is 13.2. The molecule has 1 fully saturated rings. The number of aromatic nitrogens is 2. The van der Waals surface area contributed by atoms with Gasteiger partial charge in [0.1, 0.15) is 6.10 Å². The van der Waals surface area contributed by atoms with Gasteiger partial charge in [-0.1, -0.05) is 25.9 Å². The van der Waals surface area contributed by atoms with E-state index in [-0.39, 0.29) is 17.6 Å². The summed E-state index contributed by atoms with van der Waals surface area (Å²) >= 11 is 0. The predicted molar refractivity (Wildman–Crippen MR) is 80.8 cm³/mol. The van der Waals surface area contributed by atoms with E-state index in [4.69, 9.17) is 15.0 Å². The zero-order chi connectivity index (χ0) is 15.6. The number of nitrogens with zero attached hydrogens (tertiary/aromatic N) is 3. The van der Waals surface area contributed by atoms with E-state index in [9.17, 15) is 0 Å². The van der Waals surface area contributed by atoms with Crippen molar-refractivity contribution in [3.05, 3.63) is 11.7 Å². The first-order chi connectivity index (χ1) is 9.77. The lowest BCUT2D eigenvalue weighted by atomic mass is 9.85. The normalized spacial score (nSPS) is 22.7. The van der Waals surface area contributed by atoms with Gasteiger partial charge in [0.05, 0.1) is 6.61 Å². The smallest absolute Gasteiger partial charge is 0.228 e. The number of hydrogen-bond donors (Lipinski definition) is 1. The molecule has 2 unspecified atom stereocenters. The topological polar surface area (TPSA) is 77.4 Å². The molecule has 1 aliphatic rings. The number of ether oxygens (including phenoxy) is 1. The molecule has 2 atom stereocenters. The van der Waals surface area contributed by atoms with E-state index in [1.807, 2.05) is 0 Å². The maximum Gasteiger partial charge on any atom is 0.228 e. The van der Waals surface area contributed by atoms with Gasteiger partial charge in [-0.15, -0.1) is 0 Å². The van der Waals surface area contributed by atoms with Gasteiger partial charge in [-0.25, -0.2) is 0 Å². The molecule has 21 heavy (non-hydrogen) atoms. The standard InChI is InChI=1S/C15H28N4O2/c1-10(2)19-6-7-20-11(9-19)14-17-13(21-18-14)8-12(16)15(3,4)5/h10-12H,6-9,16H2,1-5H3. The summed E-state index contributed by atoms with van der Waals surface area (Å²) in [6, 6.07) is 0.488. The molecule has 0 bridgehead atoms. The van der Waals surface area contributed by atoms with E-state index in [0.29, 0.717) is 30.8 Å². The zero-order valence-corrected chi connectivity index (χ0v) is 13.8. The molecule has 0 radical (unpaired) electrons. The molecule has 1 aliphatic heterocycles. The maximum absolute atomic E-state index is 6.17. The summed E-state index contributed by atoms with van der Waals surface area (Å²) < 4.78 is 11.1. The van der Waals surface area contributed by atoms with E-state index in [1.165, 1.54) is 0 Å². The minimum Gasteiger partial charge on any atom is -0.367 e. The fourth-order valence-corrected chi connectivity index (χ4v) is 2.27. The third kappa shape index (κ3) is 4.25. The average molecular weight is 296 g/mol. The van der Waals surface area contributed by atoms with Gasteiger partial charge in [-0.2, -0.15) is 4.98 Å². The van der Waals surface area contributed by atoms with Crippen molar-refractivity contribution in [3.8, 4) is 0 Å². The second kappa shape index (κ2) is 6.42. The van der Waals surface area contributed by atoms with Crippen molar-refractivity contribution in [1.29, 1.82) is 0 Å². The monoisotopic (exact) mass is 296 g/mol.